The van der Waals surface area contributed by atoms with Crippen molar-refractivity contribution in [2.45, 2.75) is 13.8 Å². The van der Waals surface area contributed by atoms with Gasteiger partial charge in [-0.15, -0.1) is 0 Å². The minimum absolute atomic E-state index is 0.387. The molecule has 0 unspecified atom stereocenters. The number of ether oxygens (including phenoxy) is 1. The molecule has 0 saturated carbocycles. The lowest BCUT2D eigenvalue weighted by atomic mass is 10.1. The molecule has 0 radical (unpaired) electrons. The van der Waals surface area contributed by atoms with E-state index >= 15 is 0 Å². The van der Waals surface area contributed by atoms with Gasteiger partial charge in [-0.3, -0.25) is 0 Å². The summed E-state index contributed by atoms with van der Waals surface area (Å²) in [5.74, 6) is 0.439. The van der Waals surface area contributed by atoms with Gasteiger partial charge in [-0.05, 0) is 43.2 Å². The largest absolute Gasteiger partial charge is 0.457 e. The van der Waals surface area contributed by atoms with Crippen LogP contribution >= 0.6 is 0 Å². The van der Waals surface area contributed by atoms with E-state index in [1.807, 2.05) is 13.8 Å². The number of nitrogens with zero attached hydrogens (tertiary/aromatic N) is 2. The maximum absolute atomic E-state index is 13.0. The third-order valence-corrected chi connectivity index (χ3v) is 2.51. The molecule has 0 spiro atoms. The molecule has 3 nitrogen and oxygen atoms in total. The first-order valence-electron chi connectivity index (χ1n) is 5.41. The fraction of sp³-hybridized carbons (Fsp3) is 0.143. The van der Waals surface area contributed by atoms with Gasteiger partial charge in [0.05, 0.1) is 11.6 Å². The first kappa shape index (κ1) is 12.1. The lowest BCUT2D eigenvalue weighted by Crippen LogP contribution is -1.93. The average molecular weight is 242 g/mol. The van der Waals surface area contributed by atoms with Gasteiger partial charge in [0, 0.05) is 12.3 Å². The summed E-state index contributed by atoms with van der Waals surface area (Å²) in [6.07, 6.45) is 1.35. The van der Waals surface area contributed by atoms with Gasteiger partial charge in [-0.2, -0.15) is 9.65 Å². The number of aromatic nitrogens is 1. The second-order valence-corrected chi connectivity index (χ2v) is 3.97. The number of hydrogen-bond donors (Lipinski definition) is 0. The van der Waals surface area contributed by atoms with E-state index in [9.17, 15) is 4.39 Å². The van der Waals surface area contributed by atoms with Crippen molar-refractivity contribution in [3.63, 3.8) is 0 Å². The molecule has 2 aromatic rings. The lowest BCUT2D eigenvalue weighted by molar-refractivity contribution is 0.465. The molecule has 18 heavy (non-hydrogen) atoms. The van der Waals surface area contributed by atoms with Crippen molar-refractivity contribution in [1.29, 1.82) is 5.26 Å². The quantitative estimate of drug-likeness (QED) is 0.757. The predicted molar refractivity (Wildman–Crippen MR) is 64.9 cm³/mol. The van der Waals surface area contributed by atoms with Crippen LogP contribution in [0.2, 0.25) is 0 Å². The highest BCUT2D eigenvalue weighted by Gasteiger charge is 2.08. The van der Waals surface area contributed by atoms with Crippen molar-refractivity contribution in [3.8, 4) is 17.6 Å². The molecule has 0 bridgehead atoms. The maximum Gasteiger partial charge on any atom is 0.216 e. The average Bonchev–Trinajstić information content (AvgIpc) is 2.33. The summed E-state index contributed by atoms with van der Waals surface area (Å²) in [7, 11) is 0. The van der Waals surface area contributed by atoms with Gasteiger partial charge in [0.2, 0.25) is 5.95 Å². The van der Waals surface area contributed by atoms with E-state index < -0.39 is 5.95 Å². The van der Waals surface area contributed by atoms with Crippen molar-refractivity contribution < 1.29 is 9.13 Å². The summed E-state index contributed by atoms with van der Waals surface area (Å²) in [6, 6.07) is 8.36. The van der Waals surface area contributed by atoms with Gasteiger partial charge < -0.3 is 4.74 Å². The summed E-state index contributed by atoms with van der Waals surface area (Å²) >= 11 is 0. The number of halogens is 1. The van der Waals surface area contributed by atoms with Crippen LogP contribution in [0.4, 0.5) is 4.39 Å². The van der Waals surface area contributed by atoms with E-state index in [-0.39, 0.29) is 0 Å². The molecule has 0 aliphatic heterocycles. The molecule has 2 rings (SSSR count). The van der Waals surface area contributed by atoms with E-state index in [1.54, 1.807) is 18.2 Å². The van der Waals surface area contributed by atoms with Crippen LogP contribution in [0, 0.1) is 31.1 Å². The predicted octanol–water partition coefficient (Wildman–Crippen LogP) is 3.50. The van der Waals surface area contributed by atoms with Gasteiger partial charge in [-0.25, -0.2) is 4.98 Å². The van der Waals surface area contributed by atoms with Crippen LogP contribution < -0.4 is 4.74 Å². The molecule has 0 atom stereocenters. The van der Waals surface area contributed by atoms with Crippen LogP contribution in [0.15, 0.2) is 30.5 Å². The third-order valence-electron chi connectivity index (χ3n) is 2.51. The molecule has 4 heteroatoms. The Balaban J connectivity index is 2.38. The topological polar surface area (TPSA) is 45.9 Å². The Morgan fingerprint density at radius 3 is 2.44 bits per heavy atom. The second kappa shape index (κ2) is 4.84. The van der Waals surface area contributed by atoms with Crippen molar-refractivity contribution >= 4 is 0 Å². The molecular weight excluding hydrogens is 231 g/mol. The number of pyridine rings is 1. The summed E-state index contributed by atoms with van der Waals surface area (Å²) in [5, 5.41) is 8.85. The molecule has 0 fully saturated rings. The number of rotatable bonds is 2. The molecule has 0 saturated heterocycles. The van der Waals surface area contributed by atoms with E-state index in [0.29, 0.717) is 17.1 Å². The van der Waals surface area contributed by atoms with E-state index in [4.69, 9.17) is 10.00 Å². The van der Waals surface area contributed by atoms with Crippen LogP contribution in [0.3, 0.4) is 0 Å². The smallest absolute Gasteiger partial charge is 0.216 e. The van der Waals surface area contributed by atoms with Crippen LogP contribution in [-0.2, 0) is 0 Å². The minimum Gasteiger partial charge on any atom is -0.457 e. The molecule has 90 valence electrons. The number of nitriles is 1. The summed E-state index contributed by atoms with van der Waals surface area (Å²) in [5.41, 5.74) is 2.26. The minimum atomic E-state index is -0.587. The monoisotopic (exact) mass is 242 g/mol. The second-order valence-electron chi connectivity index (χ2n) is 3.97. The van der Waals surface area contributed by atoms with Crippen molar-refractivity contribution in [1.82, 2.24) is 4.98 Å². The highest BCUT2D eigenvalue weighted by Crippen LogP contribution is 2.29. The molecule has 1 heterocycles. The summed E-state index contributed by atoms with van der Waals surface area (Å²) in [6.45, 7) is 3.70. The number of aryl methyl sites for hydroxylation is 2. The van der Waals surface area contributed by atoms with Crippen LogP contribution in [0.25, 0.3) is 0 Å². The first-order chi connectivity index (χ1) is 8.60. The molecule has 1 aromatic heterocycles. The molecule has 0 amide bonds. The van der Waals surface area contributed by atoms with Crippen LogP contribution in [-0.4, -0.2) is 4.98 Å². The van der Waals surface area contributed by atoms with Crippen molar-refractivity contribution in [2.24, 2.45) is 0 Å². The Kier molecular flexibility index (Phi) is 3.24. The van der Waals surface area contributed by atoms with Crippen molar-refractivity contribution in [2.75, 3.05) is 0 Å². The normalized spacial score (nSPS) is 9.89. The maximum atomic E-state index is 13.0. The molecule has 0 aliphatic carbocycles. The Morgan fingerprint density at radius 1 is 1.22 bits per heavy atom. The Bertz CT molecular complexity index is 609. The third kappa shape index (κ3) is 2.46. The highest BCUT2D eigenvalue weighted by atomic mass is 19.1. The fourth-order valence-corrected chi connectivity index (χ4v) is 1.74. The SMILES string of the molecule is Cc1cc(C#N)cc(C)c1Oc1ccnc(F)c1. The van der Waals surface area contributed by atoms with Gasteiger partial charge in [0.1, 0.15) is 11.5 Å². The Labute approximate surface area is 104 Å². The summed E-state index contributed by atoms with van der Waals surface area (Å²) < 4.78 is 18.6. The van der Waals surface area contributed by atoms with E-state index in [2.05, 4.69) is 11.1 Å². The van der Waals surface area contributed by atoms with E-state index in [0.717, 1.165) is 11.1 Å². The van der Waals surface area contributed by atoms with Crippen LogP contribution in [0.5, 0.6) is 11.5 Å². The Morgan fingerprint density at radius 2 is 1.89 bits per heavy atom. The summed E-state index contributed by atoms with van der Waals surface area (Å²) in [4.78, 5) is 3.46. The fourth-order valence-electron chi connectivity index (χ4n) is 1.74. The van der Waals surface area contributed by atoms with Gasteiger partial charge >= 0.3 is 0 Å². The highest BCUT2D eigenvalue weighted by molar-refractivity contribution is 5.48. The number of hydrogen-bond acceptors (Lipinski definition) is 3. The molecule has 1 aromatic carbocycles. The molecule has 0 N–H and O–H groups in total. The van der Waals surface area contributed by atoms with Crippen LogP contribution in [0.1, 0.15) is 16.7 Å². The molecular formula is C14H11FN2O. The lowest BCUT2D eigenvalue weighted by Gasteiger charge is -2.11. The van der Waals surface area contributed by atoms with Gasteiger partial charge in [-0.1, -0.05) is 0 Å². The zero-order chi connectivity index (χ0) is 13.1. The zero-order valence-electron chi connectivity index (χ0n) is 10.1. The standard InChI is InChI=1S/C14H11FN2O/c1-9-5-11(8-16)6-10(2)14(9)18-12-3-4-17-13(15)7-12/h3-7H,1-2H3. The van der Waals surface area contributed by atoms with Gasteiger partial charge in [0.25, 0.3) is 0 Å². The Hall–Kier alpha value is -2.41. The van der Waals surface area contributed by atoms with Gasteiger partial charge in [0.15, 0.2) is 0 Å². The number of benzene rings is 1. The van der Waals surface area contributed by atoms with Crippen molar-refractivity contribution in [3.05, 3.63) is 53.1 Å². The zero-order valence-corrected chi connectivity index (χ0v) is 10.1. The first-order valence-corrected chi connectivity index (χ1v) is 5.41. The van der Waals surface area contributed by atoms with E-state index in [1.165, 1.54) is 12.3 Å². The molecule has 0 aliphatic rings.